The Morgan fingerprint density at radius 2 is 1.86 bits per heavy atom. The number of nitrogens with zero attached hydrogens (tertiary/aromatic N) is 4. The first kappa shape index (κ1) is 11.8. The van der Waals surface area contributed by atoms with Crippen LogP contribution < -0.4 is 5.56 Å². The summed E-state index contributed by atoms with van der Waals surface area (Å²) in [6, 6.07) is 13.5. The second-order valence-electron chi connectivity index (χ2n) is 4.87. The highest BCUT2D eigenvalue weighted by molar-refractivity contribution is 5.79. The largest absolute Gasteiger partial charge is 0.288 e. The highest BCUT2D eigenvalue weighted by Gasteiger charge is 2.11. The van der Waals surface area contributed by atoms with E-state index in [0.29, 0.717) is 11.9 Å². The summed E-state index contributed by atoms with van der Waals surface area (Å²) >= 11 is 0. The monoisotopic (exact) mass is 276 g/mol. The maximum Gasteiger partial charge on any atom is 0.262 e. The molecular formula is C16H12N4O. The Morgan fingerprint density at radius 3 is 2.71 bits per heavy atom. The summed E-state index contributed by atoms with van der Waals surface area (Å²) < 4.78 is 3.50. The Morgan fingerprint density at radius 1 is 1.00 bits per heavy atom. The number of hydrogen-bond acceptors (Lipinski definition) is 3. The van der Waals surface area contributed by atoms with Gasteiger partial charge in [0.2, 0.25) is 0 Å². The van der Waals surface area contributed by atoms with Crippen molar-refractivity contribution in [2.45, 2.75) is 6.54 Å². The molecule has 4 aromatic rings. The van der Waals surface area contributed by atoms with Crippen molar-refractivity contribution >= 4 is 16.6 Å². The summed E-state index contributed by atoms with van der Waals surface area (Å²) in [4.78, 5) is 16.8. The lowest BCUT2D eigenvalue weighted by atomic mass is 10.2. The molecule has 5 heteroatoms. The zero-order chi connectivity index (χ0) is 14.2. The summed E-state index contributed by atoms with van der Waals surface area (Å²) in [7, 11) is 0. The van der Waals surface area contributed by atoms with Gasteiger partial charge in [-0.25, -0.2) is 4.52 Å². The Balaban J connectivity index is 2.05. The van der Waals surface area contributed by atoms with Crippen LogP contribution in [0.3, 0.4) is 0 Å². The number of rotatable bonds is 2. The molecule has 5 nitrogen and oxygen atoms in total. The van der Waals surface area contributed by atoms with E-state index in [9.17, 15) is 4.79 Å². The van der Waals surface area contributed by atoms with Crippen molar-refractivity contribution in [3.63, 3.8) is 0 Å². The van der Waals surface area contributed by atoms with Crippen molar-refractivity contribution in [1.29, 1.82) is 0 Å². The Hall–Kier alpha value is -2.95. The molecule has 0 aliphatic carbocycles. The first-order valence-electron chi connectivity index (χ1n) is 6.69. The molecule has 3 aromatic heterocycles. The van der Waals surface area contributed by atoms with E-state index in [1.54, 1.807) is 33.7 Å². The number of hydrogen-bond donors (Lipinski definition) is 0. The maximum absolute atomic E-state index is 12.7. The minimum absolute atomic E-state index is 0.0238. The van der Waals surface area contributed by atoms with Crippen LogP contribution >= 0.6 is 0 Å². The molecule has 0 spiro atoms. The van der Waals surface area contributed by atoms with Crippen LogP contribution in [0, 0.1) is 0 Å². The van der Waals surface area contributed by atoms with Crippen LogP contribution in [0.15, 0.2) is 65.8 Å². The molecule has 3 heterocycles. The molecule has 0 atom stereocenters. The van der Waals surface area contributed by atoms with E-state index in [2.05, 4.69) is 10.1 Å². The van der Waals surface area contributed by atoms with E-state index in [1.807, 2.05) is 36.4 Å². The third-order valence-electron chi connectivity index (χ3n) is 3.59. The van der Waals surface area contributed by atoms with Crippen LogP contribution in [0.1, 0.15) is 5.56 Å². The van der Waals surface area contributed by atoms with Gasteiger partial charge in [-0.05, 0) is 11.6 Å². The normalized spacial score (nSPS) is 11.2. The standard InChI is InChI=1S/C16H12N4O/c21-16-13-6-8-17-10-14(13)20-15(7-9-18-20)19(16)11-12-4-2-1-3-5-12/h1-10H,11H2. The van der Waals surface area contributed by atoms with Crippen molar-refractivity contribution < 1.29 is 0 Å². The molecule has 0 radical (unpaired) electrons. The molecule has 0 saturated carbocycles. The SMILES string of the molecule is O=c1c2ccncc2n2nccc2n1Cc1ccccc1. The van der Waals surface area contributed by atoms with Crippen molar-refractivity contribution in [3.05, 3.63) is 77.0 Å². The van der Waals surface area contributed by atoms with Gasteiger partial charge in [0.15, 0.2) is 0 Å². The minimum atomic E-state index is -0.0238. The first-order valence-corrected chi connectivity index (χ1v) is 6.69. The second kappa shape index (κ2) is 4.56. The minimum Gasteiger partial charge on any atom is -0.288 e. The highest BCUT2D eigenvalue weighted by Crippen LogP contribution is 2.13. The Labute approximate surface area is 120 Å². The Kier molecular flexibility index (Phi) is 2.57. The van der Waals surface area contributed by atoms with Gasteiger partial charge in [0.05, 0.1) is 29.8 Å². The molecule has 1 aromatic carbocycles. The number of aromatic nitrogens is 4. The second-order valence-corrected chi connectivity index (χ2v) is 4.87. The van der Waals surface area contributed by atoms with Gasteiger partial charge in [0.25, 0.3) is 5.56 Å². The Bertz CT molecular complexity index is 985. The van der Waals surface area contributed by atoms with Crippen LogP contribution in [0.2, 0.25) is 0 Å². The lowest BCUT2D eigenvalue weighted by Gasteiger charge is -2.10. The van der Waals surface area contributed by atoms with Crippen LogP contribution in [0.5, 0.6) is 0 Å². The van der Waals surface area contributed by atoms with Gasteiger partial charge in [-0.3, -0.25) is 14.3 Å². The molecule has 0 saturated heterocycles. The van der Waals surface area contributed by atoms with E-state index in [4.69, 9.17) is 0 Å². The van der Waals surface area contributed by atoms with E-state index in [-0.39, 0.29) is 5.56 Å². The average Bonchev–Trinajstić information content (AvgIpc) is 3.02. The van der Waals surface area contributed by atoms with E-state index < -0.39 is 0 Å². The van der Waals surface area contributed by atoms with Crippen LogP contribution in [0.4, 0.5) is 0 Å². The lowest BCUT2D eigenvalue weighted by molar-refractivity contribution is 0.766. The van der Waals surface area contributed by atoms with Gasteiger partial charge >= 0.3 is 0 Å². The fourth-order valence-corrected chi connectivity index (χ4v) is 2.59. The third-order valence-corrected chi connectivity index (χ3v) is 3.59. The van der Waals surface area contributed by atoms with Gasteiger partial charge < -0.3 is 0 Å². The summed E-state index contributed by atoms with van der Waals surface area (Å²) in [5, 5.41) is 4.93. The molecule has 102 valence electrons. The number of pyridine rings is 1. The van der Waals surface area contributed by atoms with Crippen molar-refractivity contribution in [3.8, 4) is 0 Å². The predicted octanol–water partition coefficient (Wildman–Crippen LogP) is 2.09. The van der Waals surface area contributed by atoms with Gasteiger partial charge in [0.1, 0.15) is 5.65 Å². The fraction of sp³-hybridized carbons (Fsp3) is 0.0625. The molecule has 0 unspecified atom stereocenters. The molecule has 0 aliphatic heterocycles. The molecule has 0 fully saturated rings. The highest BCUT2D eigenvalue weighted by atomic mass is 16.1. The maximum atomic E-state index is 12.7. The zero-order valence-electron chi connectivity index (χ0n) is 11.2. The van der Waals surface area contributed by atoms with Gasteiger partial charge in [0, 0.05) is 12.3 Å². The van der Waals surface area contributed by atoms with E-state index >= 15 is 0 Å². The smallest absolute Gasteiger partial charge is 0.262 e. The fourth-order valence-electron chi connectivity index (χ4n) is 2.59. The van der Waals surface area contributed by atoms with Crippen LogP contribution in [-0.2, 0) is 6.54 Å². The van der Waals surface area contributed by atoms with Crippen molar-refractivity contribution in [2.24, 2.45) is 0 Å². The first-order chi connectivity index (χ1) is 10.3. The van der Waals surface area contributed by atoms with E-state index in [1.165, 1.54) is 0 Å². The summed E-state index contributed by atoms with van der Waals surface area (Å²) in [5.41, 5.74) is 2.55. The molecule has 0 aliphatic rings. The lowest BCUT2D eigenvalue weighted by Crippen LogP contribution is -2.23. The molecule has 0 bridgehead atoms. The van der Waals surface area contributed by atoms with Crippen LogP contribution in [0.25, 0.3) is 16.6 Å². The van der Waals surface area contributed by atoms with Crippen LogP contribution in [-0.4, -0.2) is 19.2 Å². The third kappa shape index (κ3) is 1.82. The predicted molar refractivity (Wildman–Crippen MR) is 80.3 cm³/mol. The molecular weight excluding hydrogens is 264 g/mol. The van der Waals surface area contributed by atoms with E-state index in [0.717, 1.165) is 16.7 Å². The topological polar surface area (TPSA) is 52.2 Å². The summed E-state index contributed by atoms with van der Waals surface area (Å²) in [6.07, 6.45) is 5.00. The van der Waals surface area contributed by atoms with Gasteiger partial charge in [-0.1, -0.05) is 30.3 Å². The van der Waals surface area contributed by atoms with Gasteiger partial charge in [-0.15, -0.1) is 0 Å². The number of fused-ring (bicyclic) bond motifs is 3. The zero-order valence-corrected chi connectivity index (χ0v) is 11.2. The number of benzene rings is 1. The van der Waals surface area contributed by atoms with Gasteiger partial charge in [-0.2, -0.15) is 5.10 Å². The summed E-state index contributed by atoms with van der Waals surface area (Å²) in [6.45, 7) is 0.521. The quantitative estimate of drug-likeness (QED) is 0.563. The molecule has 0 N–H and O–H groups in total. The molecule has 0 amide bonds. The van der Waals surface area contributed by atoms with Crippen molar-refractivity contribution in [2.75, 3.05) is 0 Å². The molecule has 4 rings (SSSR count). The van der Waals surface area contributed by atoms with Crippen molar-refractivity contribution in [1.82, 2.24) is 19.2 Å². The summed E-state index contributed by atoms with van der Waals surface area (Å²) in [5.74, 6) is 0. The molecule has 21 heavy (non-hydrogen) atoms. The average molecular weight is 276 g/mol.